The number of anilines is 1. The number of hydrogen-bond donors (Lipinski definition) is 2. The first-order valence-corrected chi connectivity index (χ1v) is 5.62. The van der Waals surface area contributed by atoms with Gasteiger partial charge in [0.1, 0.15) is 0 Å². The minimum Gasteiger partial charge on any atom is -0.325 e. The Kier molecular flexibility index (Phi) is 4.33. The van der Waals surface area contributed by atoms with Crippen LogP contribution in [0.1, 0.15) is 19.4 Å². The highest BCUT2D eigenvalue weighted by atomic mass is 35.5. The van der Waals surface area contributed by atoms with E-state index in [0.717, 1.165) is 5.56 Å². The molecule has 1 aromatic rings. The van der Waals surface area contributed by atoms with E-state index >= 15 is 0 Å². The molecule has 16 heavy (non-hydrogen) atoms. The van der Waals surface area contributed by atoms with Crippen LogP contribution in [0.4, 0.5) is 5.69 Å². The summed E-state index contributed by atoms with van der Waals surface area (Å²) in [5.41, 5.74) is 7.39. The second kappa shape index (κ2) is 5.32. The van der Waals surface area contributed by atoms with E-state index in [1.807, 2.05) is 32.9 Å². The van der Waals surface area contributed by atoms with Crippen LogP contribution in [-0.2, 0) is 4.79 Å². The van der Waals surface area contributed by atoms with E-state index in [4.69, 9.17) is 17.3 Å². The molecule has 0 saturated heterocycles. The number of benzene rings is 1. The van der Waals surface area contributed by atoms with Crippen molar-refractivity contribution in [3.05, 3.63) is 28.8 Å². The molecule has 1 amide bonds. The molecular formula is C12H17ClN2O. The third-order valence-electron chi connectivity index (χ3n) is 2.46. The molecule has 0 radical (unpaired) electrons. The fourth-order valence-corrected chi connectivity index (χ4v) is 1.38. The number of carbonyl (C=O) groups is 1. The Morgan fingerprint density at radius 3 is 2.56 bits per heavy atom. The lowest BCUT2D eigenvalue weighted by molar-refractivity contribution is -0.118. The third kappa shape index (κ3) is 3.22. The van der Waals surface area contributed by atoms with E-state index in [2.05, 4.69) is 5.32 Å². The lowest BCUT2D eigenvalue weighted by atomic mass is 10.0. The Morgan fingerprint density at radius 2 is 2.06 bits per heavy atom. The van der Waals surface area contributed by atoms with Gasteiger partial charge in [-0.15, -0.1) is 0 Å². The zero-order chi connectivity index (χ0) is 12.3. The maximum atomic E-state index is 11.7. The highest BCUT2D eigenvalue weighted by Gasteiger charge is 2.17. The average molecular weight is 241 g/mol. The molecule has 0 fully saturated rings. The van der Waals surface area contributed by atoms with Gasteiger partial charge in [0.15, 0.2) is 0 Å². The standard InChI is InChI=1S/C12H17ClN2O/c1-7(2)11(14)12(16)15-9-5-4-8(3)10(13)6-9/h4-7,11H,14H2,1-3H3,(H,15,16). The van der Waals surface area contributed by atoms with Crippen LogP contribution < -0.4 is 11.1 Å². The molecule has 0 saturated carbocycles. The fraction of sp³-hybridized carbons (Fsp3) is 0.417. The zero-order valence-electron chi connectivity index (χ0n) is 9.75. The van der Waals surface area contributed by atoms with E-state index in [-0.39, 0.29) is 11.8 Å². The Labute approximate surface area is 101 Å². The fourth-order valence-electron chi connectivity index (χ4n) is 1.20. The summed E-state index contributed by atoms with van der Waals surface area (Å²) >= 11 is 5.96. The predicted molar refractivity (Wildman–Crippen MR) is 67.6 cm³/mol. The summed E-state index contributed by atoms with van der Waals surface area (Å²) in [7, 11) is 0. The molecule has 4 heteroatoms. The normalized spacial score (nSPS) is 12.6. The van der Waals surface area contributed by atoms with E-state index < -0.39 is 6.04 Å². The first-order chi connectivity index (χ1) is 7.41. The molecule has 0 spiro atoms. The molecule has 3 N–H and O–H groups in total. The highest BCUT2D eigenvalue weighted by molar-refractivity contribution is 6.31. The van der Waals surface area contributed by atoms with Gasteiger partial charge in [-0.2, -0.15) is 0 Å². The van der Waals surface area contributed by atoms with Crippen molar-refractivity contribution < 1.29 is 4.79 Å². The smallest absolute Gasteiger partial charge is 0.241 e. The first-order valence-electron chi connectivity index (χ1n) is 5.24. The first kappa shape index (κ1) is 13.0. The largest absolute Gasteiger partial charge is 0.325 e. The predicted octanol–water partition coefficient (Wildman–Crippen LogP) is 2.57. The lowest BCUT2D eigenvalue weighted by Gasteiger charge is -2.15. The number of rotatable bonds is 3. The highest BCUT2D eigenvalue weighted by Crippen LogP contribution is 2.20. The van der Waals surface area contributed by atoms with Crippen molar-refractivity contribution in [3.8, 4) is 0 Å². The number of nitrogens with two attached hydrogens (primary N) is 1. The molecule has 1 unspecified atom stereocenters. The van der Waals surface area contributed by atoms with Crippen molar-refractivity contribution in [3.63, 3.8) is 0 Å². The van der Waals surface area contributed by atoms with Crippen molar-refractivity contribution in [2.24, 2.45) is 11.7 Å². The van der Waals surface area contributed by atoms with Gasteiger partial charge in [0, 0.05) is 10.7 Å². The molecule has 0 aliphatic heterocycles. The van der Waals surface area contributed by atoms with Gasteiger partial charge in [-0.3, -0.25) is 4.79 Å². The van der Waals surface area contributed by atoms with Gasteiger partial charge >= 0.3 is 0 Å². The minimum atomic E-state index is -0.500. The van der Waals surface area contributed by atoms with Crippen LogP contribution in [0.3, 0.4) is 0 Å². The Hall–Kier alpha value is -1.06. The maximum absolute atomic E-state index is 11.7. The Balaban J connectivity index is 2.74. The maximum Gasteiger partial charge on any atom is 0.241 e. The zero-order valence-corrected chi connectivity index (χ0v) is 10.5. The van der Waals surface area contributed by atoms with Crippen LogP contribution >= 0.6 is 11.6 Å². The van der Waals surface area contributed by atoms with Crippen molar-refractivity contribution in [2.45, 2.75) is 26.8 Å². The molecule has 1 aromatic carbocycles. The number of nitrogens with one attached hydrogen (secondary N) is 1. The SMILES string of the molecule is Cc1ccc(NC(=O)C(N)C(C)C)cc1Cl. The molecule has 1 rings (SSSR count). The molecule has 0 aliphatic carbocycles. The topological polar surface area (TPSA) is 55.1 Å². The van der Waals surface area contributed by atoms with Gasteiger partial charge in [0.2, 0.25) is 5.91 Å². The molecule has 3 nitrogen and oxygen atoms in total. The Morgan fingerprint density at radius 1 is 1.44 bits per heavy atom. The van der Waals surface area contributed by atoms with Gasteiger partial charge in [-0.05, 0) is 30.5 Å². The van der Waals surface area contributed by atoms with Crippen LogP contribution in [0.15, 0.2) is 18.2 Å². The second-order valence-corrected chi connectivity index (χ2v) is 4.63. The molecule has 88 valence electrons. The Bertz CT molecular complexity index is 391. The number of hydrogen-bond acceptors (Lipinski definition) is 2. The molecule has 0 bridgehead atoms. The third-order valence-corrected chi connectivity index (χ3v) is 2.87. The van der Waals surface area contributed by atoms with Crippen molar-refractivity contribution in [1.82, 2.24) is 0 Å². The second-order valence-electron chi connectivity index (χ2n) is 4.22. The summed E-state index contributed by atoms with van der Waals surface area (Å²) in [6.07, 6.45) is 0. The summed E-state index contributed by atoms with van der Waals surface area (Å²) in [4.78, 5) is 11.7. The van der Waals surface area contributed by atoms with Crippen LogP contribution in [0.25, 0.3) is 0 Å². The molecular weight excluding hydrogens is 224 g/mol. The van der Waals surface area contributed by atoms with Gasteiger partial charge < -0.3 is 11.1 Å². The van der Waals surface area contributed by atoms with Crippen LogP contribution in [0, 0.1) is 12.8 Å². The van der Waals surface area contributed by atoms with Crippen molar-refractivity contribution in [1.29, 1.82) is 0 Å². The molecule has 0 aromatic heterocycles. The summed E-state index contributed by atoms with van der Waals surface area (Å²) in [6, 6.07) is 4.90. The monoisotopic (exact) mass is 240 g/mol. The van der Waals surface area contributed by atoms with Crippen LogP contribution in [-0.4, -0.2) is 11.9 Å². The minimum absolute atomic E-state index is 0.112. The summed E-state index contributed by atoms with van der Waals surface area (Å²) in [5, 5.41) is 3.38. The van der Waals surface area contributed by atoms with E-state index in [1.54, 1.807) is 6.07 Å². The summed E-state index contributed by atoms with van der Waals surface area (Å²) < 4.78 is 0. The number of halogens is 1. The quantitative estimate of drug-likeness (QED) is 0.853. The van der Waals surface area contributed by atoms with Gasteiger partial charge in [0.05, 0.1) is 6.04 Å². The van der Waals surface area contributed by atoms with Crippen molar-refractivity contribution >= 4 is 23.2 Å². The average Bonchev–Trinajstić information content (AvgIpc) is 2.22. The van der Waals surface area contributed by atoms with Gasteiger partial charge in [-0.25, -0.2) is 0 Å². The molecule has 0 aliphatic rings. The van der Waals surface area contributed by atoms with E-state index in [9.17, 15) is 4.79 Å². The van der Waals surface area contributed by atoms with E-state index in [0.29, 0.717) is 10.7 Å². The molecule has 0 heterocycles. The van der Waals surface area contributed by atoms with Crippen molar-refractivity contribution in [2.75, 3.05) is 5.32 Å². The number of aryl methyl sites for hydroxylation is 1. The molecule has 1 atom stereocenters. The summed E-state index contributed by atoms with van der Waals surface area (Å²) in [6.45, 7) is 5.73. The summed E-state index contributed by atoms with van der Waals surface area (Å²) in [5.74, 6) is -0.0733. The number of carbonyl (C=O) groups excluding carboxylic acids is 1. The van der Waals surface area contributed by atoms with Crippen LogP contribution in [0.2, 0.25) is 5.02 Å². The van der Waals surface area contributed by atoms with Gasteiger partial charge in [0.25, 0.3) is 0 Å². The number of amides is 1. The van der Waals surface area contributed by atoms with Gasteiger partial charge in [-0.1, -0.05) is 31.5 Å². The van der Waals surface area contributed by atoms with E-state index in [1.165, 1.54) is 0 Å². The lowest BCUT2D eigenvalue weighted by Crippen LogP contribution is -2.39. The van der Waals surface area contributed by atoms with Crippen LogP contribution in [0.5, 0.6) is 0 Å².